The summed E-state index contributed by atoms with van der Waals surface area (Å²) in [5.41, 5.74) is 1.60. The van der Waals surface area contributed by atoms with Crippen LogP contribution in [0.25, 0.3) is 0 Å². The molecule has 4 heteroatoms. The maximum atomic E-state index is 11.8. The van der Waals surface area contributed by atoms with Crippen molar-refractivity contribution in [3.63, 3.8) is 0 Å². The molecular weight excluding hydrogens is 218 g/mol. The zero-order valence-corrected chi connectivity index (χ0v) is 10.4. The summed E-state index contributed by atoms with van der Waals surface area (Å²) in [6, 6.07) is 1.45. The molecule has 0 amide bonds. The molecule has 0 N–H and O–H groups in total. The van der Waals surface area contributed by atoms with E-state index in [2.05, 4.69) is 6.58 Å². The number of ether oxygens (including phenoxy) is 1. The number of nitrogens with zero attached hydrogens (tertiary/aromatic N) is 1. The number of pyridine rings is 1. The molecule has 0 radical (unpaired) electrons. The molecule has 1 heterocycles. The summed E-state index contributed by atoms with van der Waals surface area (Å²) in [6.07, 6.45) is 1.62. The van der Waals surface area contributed by atoms with Gasteiger partial charge in [0.15, 0.2) is 0 Å². The summed E-state index contributed by atoms with van der Waals surface area (Å²) in [7, 11) is 0. The van der Waals surface area contributed by atoms with Gasteiger partial charge in [-0.1, -0.05) is 6.08 Å². The molecular formula is C13H17NO3. The van der Waals surface area contributed by atoms with Gasteiger partial charge in [-0.15, -0.1) is 6.58 Å². The topological polar surface area (TPSA) is 48.3 Å². The minimum absolute atomic E-state index is 0.132. The number of aromatic nitrogens is 1. The van der Waals surface area contributed by atoms with Gasteiger partial charge in [0.1, 0.15) is 0 Å². The second-order valence-corrected chi connectivity index (χ2v) is 3.75. The quantitative estimate of drug-likeness (QED) is 0.591. The highest BCUT2D eigenvalue weighted by molar-refractivity contribution is 5.92. The Kier molecular flexibility index (Phi) is 4.26. The summed E-state index contributed by atoms with van der Waals surface area (Å²) in [5, 5.41) is 0. The third-order valence-electron chi connectivity index (χ3n) is 2.56. The van der Waals surface area contributed by atoms with Crippen LogP contribution in [-0.4, -0.2) is 17.1 Å². The third kappa shape index (κ3) is 2.64. The van der Waals surface area contributed by atoms with Crippen LogP contribution in [0.2, 0.25) is 0 Å². The molecule has 4 nitrogen and oxygen atoms in total. The molecule has 0 unspecified atom stereocenters. The number of allylic oxidation sites excluding steroid dienone is 1. The molecule has 0 saturated carbocycles. The summed E-state index contributed by atoms with van der Waals surface area (Å²) in [5.74, 6) is -0.389. The highest BCUT2D eigenvalue weighted by Gasteiger charge is 2.17. The smallest absolute Gasteiger partial charge is 0.340 e. The van der Waals surface area contributed by atoms with E-state index < -0.39 is 0 Å². The predicted molar refractivity (Wildman–Crippen MR) is 66.3 cm³/mol. The maximum Gasteiger partial charge on any atom is 0.340 e. The van der Waals surface area contributed by atoms with Crippen molar-refractivity contribution in [2.45, 2.75) is 27.3 Å². The van der Waals surface area contributed by atoms with Crippen molar-refractivity contribution in [3.05, 3.63) is 45.9 Å². The fourth-order valence-corrected chi connectivity index (χ4v) is 1.79. The third-order valence-corrected chi connectivity index (χ3v) is 2.56. The van der Waals surface area contributed by atoms with Gasteiger partial charge in [-0.05, 0) is 26.3 Å². The van der Waals surface area contributed by atoms with Gasteiger partial charge < -0.3 is 9.30 Å². The molecule has 0 saturated heterocycles. The number of hydrogen-bond donors (Lipinski definition) is 0. The lowest BCUT2D eigenvalue weighted by atomic mass is 10.1. The molecule has 0 aliphatic carbocycles. The Balaban J connectivity index is 3.40. The number of carbonyl (C=O) groups excluding carboxylic acids is 1. The lowest BCUT2D eigenvalue weighted by Crippen LogP contribution is -2.25. The Morgan fingerprint density at radius 2 is 2.18 bits per heavy atom. The Morgan fingerprint density at radius 1 is 1.53 bits per heavy atom. The monoisotopic (exact) mass is 235 g/mol. The van der Waals surface area contributed by atoms with E-state index in [0.717, 1.165) is 0 Å². The van der Waals surface area contributed by atoms with Crippen LogP contribution in [0.1, 0.15) is 28.5 Å². The Morgan fingerprint density at radius 3 is 2.71 bits per heavy atom. The second-order valence-electron chi connectivity index (χ2n) is 3.75. The fraction of sp³-hybridized carbons (Fsp3) is 0.385. The largest absolute Gasteiger partial charge is 0.462 e. The van der Waals surface area contributed by atoms with E-state index in [0.29, 0.717) is 30.0 Å². The van der Waals surface area contributed by atoms with E-state index in [1.54, 1.807) is 26.8 Å². The minimum Gasteiger partial charge on any atom is -0.462 e. The lowest BCUT2D eigenvalue weighted by molar-refractivity contribution is 0.0523. The molecule has 92 valence electrons. The molecule has 1 aromatic rings. The van der Waals surface area contributed by atoms with E-state index in [9.17, 15) is 9.59 Å². The molecule has 0 spiro atoms. The van der Waals surface area contributed by atoms with Crippen LogP contribution >= 0.6 is 0 Å². The van der Waals surface area contributed by atoms with Crippen LogP contribution in [0, 0.1) is 13.8 Å². The first-order valence-electron chi connectivity index (χ1n) is 5.52. The van der Waals surface area contributed by atoms with Crippen LogP contribution in [0.5, 0.6) is 0 Å². The molecule has 0 aliphatic heterocycles. The van der Waals surface area contributed by atoms with E-state index in [-0.39, 0.29) is 11.5 Å². The standard InChI is InChI=1S/C13H17NO3/c1-5-7-14-10(4)12(13(16)17-6-2)9(3)8-11(14)15/h5,8H,1,6-7H2,2-4H3. The summed E-state index contributed by atoms with van der Waals surface area (Å²) in [6.45, 7) is 9.53. The molecule has 0 aromatic carbocycles. The molecule has 0 aliphatic rings. The van der Waals surface area contributed by atoms with Crippen molar-refractivity contribution >= 4 is 5.97 Å². The van der Waals surface area contributed by atoms with Crippen molar-refractivity contribution in [1.29, 1.82) is 0 Å². The predicted octanol–water partition coefficient (Wildman–Crippen LogP) is 1.83. The van der Waals surface area contributed by atoms with Crippen molar-refractivity contribution < 1.29 is 9.53 Å². The number of rotatable bonds is 4. The molecule has 1 aromatic heterocycles. The zero-order valence-electron chi connectivity index (χ0n) is 10.4. The maximum absolute atomic E-state index is 11.8. The van der Waals surface area contributed by atoms with Gasteiger partial charge in [0.2, 0.25) is 0 Å². The van der Waals surface area contributed by atoms with Gasteiger partial charge in [0, 0.05) is 18.3 Å². The van der Waals surface area contributed by atoms with Crippen molar-refractivity contribution in [2.24, 2.45) is 0 Å². The number of hydrogen-bond acceptors (Lipinski definition) is 3. The summed E-state index contributed by atoms with van der Waals surface area (Å²) < 4.78 is 6.49. The van der Waals surface area contributed by atoms with E-state index in [1.165, 1.54) is 10.6 Å². The van der Waals surface area contributed by atoms with Crippen LogP contribution in [0.15, 0.2) is 23.5 Å². The normalized spacial score (nSPS) is 10.1. The minimum atomic E-state index is -0.389. The first-order chi connectivity index (χ1) is 8.02. The molecule has 17 heavy (non-hydrogen) atoms. The summed E-state index contributed by atoms with van der Waals surface area (Å²) in [4.78, 5) is 23.5. The fourth-order valence-electron chi connectivity index (χ4n) is 1.79. The van der Waals surface area contributed by atoms with Crippen molar-refractivity contribution in [1.82, 2.24) is 4.57 Å². The van der Waals surface area contributed by atoms with E-state index in [1.807, 2.05) is 0 Å². The summed E-state index contributed by atoms with van der Waals surface area (Å²) >= 11 is 0. The zero-order chi connectivity index (χ0) is 13.0. The SMILES string of the molecule is C=CCn1c(C)c(C(=O)OCC)c(C)cc1=O. The Labute approximate surface area is 101 Å². The highest BCUT2D eigenvalue weighted by Crippen LogP contribution is 2.12. The second kappa shape index (κ2) is 5.48. The lowest BCUT2D eigenvalue weighted by Gasteiger charge is -2.14. The van der Waals surface area contributed by atoms with Gasteiger partial charge in [0.25, 0.3) is 5.56 Å². The number of esters is 1. The molecule has 1 rings (SSSR count). The van der Waals surface area contributed by atoms with Crippen LogP contribution in [0.4, 0.5) is 0 Å². The Hall–Kier alpha value is -1.84. The van der Waals surface area contributed by atoms with Crippen LogP contribution in [-0.2, 0) is 11.3 Å². The van der Waals surface area contributed by atoms with Crippen LogP contribution < -0.4 is 5.56 Å². The molecule has 0 bridgehead atoms. The molecule has 0 atom stereocenters. The van der Waals surface area contributed by atoms with Gasteiger partial charge >= 0.3 is 5.97 Å². The Bertz CT molecular complexity index is 500. The van der Waals surface area contributed by atoms with Gasteiger partial charge in [-0.25, -0.2) is 4.79 Å². The van der Waals surface area contributed by atoms with Crippen molar-refractivity contribution in [2.75, 3.05) is 6.61 Å². The average Bonchev–Trinajstić information content (AvgIpc) is 2.24. The molecule has 0 fully saturated rings. The van der Waals surface area contributed by atoms with Gasteiger partial charge in [-0.2, -0.15) is 0 Å². The number of aryl methyl sites for hydroxylation is 1. The van der Waals surface area contributed by atoms with Gasteiger partial charge in [-0.3, -0.25) is 4.79 Å². The first-order valence-corrected chi connectivity index (χ1v) is 5.52. The average molecular weight is 235 g/mol. The van der Waals surface area contributed by atoms with Crippen LogP contribution in [0.3, 0.4) is 0 Å². The first kappa shape index (κ1) is 13.2. The van der Waals surface area contributed by atoms with Gasteiger partial charge in [0.05, 0.1) is 12.2 Å². The van der Waals surface area contributed by atoms with Crippen molar-refractivity contribution in [3.8, 4) is 0 Å². The highest BCUT2D eigenvalue weighted by atomic mass is 16.5. The number of carbonyl (C=O) groups is 1. The van der Waals surface area contributed by atoms with E-state index >= 15 is 0 Å². The van der Waals surface area contributed by atoms with E-state index in [4.69, 9.17) is 4.74 Å².